The van der Waals surface area contributed by atoms with Gasteiger partial charge in [-0.3, -0.25) is 4.79 Å². The van der Waals surface area contributed by atoms with Crippen molar-refractivity contribution in [1.82, 2.24) is 0 Å². The molecule has 0 fully saturated rings. The molecule has 0 aliphatic rings. The molecule has 137 valence electrons. The van der Waals surface area contributed by atoms with Crippen LogP contribution in [-0.2, 0) is 15.8 Å². The molecule has 0 unspecified atom stereocenters. The van der Waals surface area contributed by atoms with E-state index in [0.29, 0.717) is 12.2 Å². The fraction of sp³-hybridized carbons (Fsp3) is 0.208. The molecule has 2 nitrogen and oxygen atoms in total. The van der Waals surface area contributed by atoms with Gasteiger partial charge >= 0.3 is 0 Å². The van der Waals surface area contributed by atoms with Gasteiger partial charge in [-0.2, -0.15) is 0 Å². The van der Waals surface area contributed by atoms with Crippen molar-refractivity contribution in [2.45, 2.75) is 32.4 Å². The van der Waals surface area contributed by atoms with Crippen LogP contribution in [-0.4, -0.2) is 14.6 Å². The molecule has 1 radical (unpaired) electrons. The number of hydrogen-bond acceptors (Lipinski definition) is 2. The van der Waals surface area contributed by atoms with Crippen LogP contribution in [0, 0.1) is 0 Å². The normalized spacial score (nSPS) is 12.0. The molecule has 0 aliphatic heterocycles. The zero-order valence-electron chi connectivity index (χ0n) is 16.1. The van der Waals surface area contributed by atoms with E-state index in [-0.39, 0.29) is 5.04 Å². The Morgan fingerprint density at radius 1 is 0.778 bits per heavy atom. The highest BCUT2D eigenvalue weighted by atomic mass is 28.4. The van der Waals surface area contributed by atoms with Crippen molar-refractivity contribution in [3.63, 3.8) is 0 Å². The summed E-state index contributed by atoms with van der Waals surface area (Å²) in [6, 6.07) is 28.6. The van der Waals surface area contributed by atoms with E-state index in [2.05, 4.69) is 69.3 Å². The zero-order chi connectivity index (χ0) is 19.3. The molecule has 3 aromatic rings. The molecule has 0 saturated heterocycles. The van der Waals surface area contributed by atoms with E-state index in [1.54, 1.807) is 6.07 Å². The lowest BCUT2D eigenvalue weighted by Gasteiger charge is -2.43. The summed E-state index contributed by atoms with van der Waals surface area (Å²) in [5.41, 5.74) is 1.44. The molecule has 0 amide bonds. The molecule has 3 heteroatoms. The second-order valence-electron chi connectivity index (χ2n) is 7.71. The molecule has 0 atom stereocenters. The maximum Gasteiger partial charge on any atom is 0.261 e. The third kappa shape index (κ3) is 3.80. The first-order valence-electron chi connectivity index (χ1n) is 9.20. The van der Waals surface area contributed by atoms with Crippen LogP contribution < -0.4 is 10.4 Å². The van der Waals surface area contributed by atoms with Gasteiger partial charge in [-0.15, -0.1) is 0 Å². The van der Waals surface area contributed by atoms with E-state index in [1.807, 2.05) is 36.6 Å². The van der Waals surface area contributed by atoms with Crippen LogP contribution >= 0.6 is 0 Å². The Morgan fingerprint density at radius 2 is 1.26 bits per heavy atom. The summed E-state index contributed by atoms with van der Waals surface area (Å²) in [5, 5.41) is 2.38. The average Bonchev–Trinajstić information content (AvgIpc) is 2.69. The molecular weight excluding hydrogens is 348 g/mol. The summed E-state index contributed by atoms with van der Waals surface area (Å²) in [6.45, 7) is 7.13. The predicted octanol–water partition coefficient (Wildman–Crippen LogP) is 4.22. The summed E-state index contributed by atoms with van der Waals surface area (Å²) < 4.78 is 6.85. The van der Waals surface area contributed by atoms with Gasteiger partial charge in [-0.05, 0) is 21.0 Å². The standard InChI is InChI=1S/C24H25O2Si/c1-24(2,3)27(22-14-6-4-7-15-22,23-16-8-5-9-17-23)26-19-21-13-11-10-12-20(21)18-25/h4-17H,19H2,1-3H3. The summed E-state index contributed by atoms with van der Waals surface area (Å²) in [7, 11) is -2.60. The minimum absolute atomic E-state index is 0.0878. The maximum absolute atomic E-state index is 11.3. The Bertz CT molecular complexity index is 844. The van der Waals surface area contributed by atoms with Gasteiger partial charge in [0.05, 0.1) is 6.61 Å². The smallest absolute Gasteiger partial charge is 0.261 e. The lowest BCUT2D eigenvalue weighted by Crippen LogP contribution is -2.66. The Labute approximate surface area is 163 Å². The first-order valence-corrected chi connectivity index (χ1v) is 11.1. The third-order valence-corrected chi connectivity index (χ3v) is 9.97. The van der Waals surface area contributed by atoms with Crippen molar-refractivity contribution in [1.29, 1.82) is 0 Å². The lowest BCUT2D eigenvalue weighted by molar-refractivity contribution is 0.286. The van der Waals surface area contributed by atoms with Gasteiger partial charge in [0, 0.05) is 5.56 Å². The summed E-state index contributed by atoms with van der Waals surface area (Å²) in [5.74, 6) is 0. The number of carbonyl (C=O) groups excluding carboxylic acids is 1. The minimum atomic E-state index is -2.60. The van der Waals surface area contributed by atoms with Crippen LogP contribution in [0.3, 0.4) is 0 Å². The Morgan fingerprint density at radius 3 is 1.74 bits per heavy atom. The van der Waals surface area contributed by atoms with Crippen molar-refractivity contribution in [2.75, 3.05) is 0 Å². The average molecular weight is 374 g/mol. The van der Waals surface area contributed by atoms with Gasteiger partial charge in [0.15, 0.2) is 0 Å². The molecule has 3 aromatic carbocycles. The van der Waals surface area contributed by atoms with Gasteiger partial charge in [0.25, 0.3) is 8.32 Å². The highest BCUT2D eigenvalue weighted by Crippen LogP contribution is 2.37. The maximum atomic E-state index is 11.3. The fourth-order valence-corrected chi connectivity index (χ4v) is 8.22. The Balaban J connectivity index is 2.13. The third-order valence-electron chi connectivity index (χ3n) is 4.99. The fourth-order valence-electron chi connectivity index (χ4n) is 3.69. The molecule has 0 aliphatic carbocycles. The number of benzene rings is 3. The minimum Gasteiger partial charge on any atom is -0.403 e. The first-order chi connectivity index (χ1) is 13.0. The zero-order valence-corrected chi connectivity index (χ0v) is 17.1. The second-order valence-corrected chi connectivity index (χ2v) is 12.0. The van der Waals surface area contributed by atoms with E-state index in [9.17, 15) is 4.79 Å². The molecule has 3 rings (SSSR count). The van der Waals surface area contributed by atoms with Crippen LogP contribution in [0.2, 0.25) is 5.04 Å². The van der Waals surface area contributed by atoms with Crippen LogP contribution in [0.25, 0.3) is 0 Å². The quantitative estimate of drug-likeness (QED) is 0.605. The molecule has 0 N–H and O–H groups in total. The summed E-state index contributed by atoms with van der Waals surface area (Å²) in [4.78, 5) is 11.3. The van der Waals surface area contributed by atoms with Crippen molar-refractivity contribution in [2.24, 2.45) is 0 Å². The second kappa shape index (κ2) is 8.03. The highest BCUT2D eigenvalue weighted by Gasteiger charge is 2.50. The molecule has 0 aromatic heterocycles. The highest BCUT2D eigenvalue weighted by molar-refractivity contribution is 6.99. The number of hydrogen-bond donors (Lipinski definition) is 0. The van der Waals surface area contributed by atoms with Crippen LogP contribution in [0.1, 0.15) is 31.9 Å². The number of rotatable bonds is 6. The molecule has 0 bridgehead atoms. The van der Waals surface area contributed by atoms with Crippen LogP contribution in [0.5, 0.6) is 0 Å². The summed E-state index contributed by atoms with van der Waals surface area (Å²) >= 11 is 0. The molecule has 27 heavy (non-hydrogen) atoms. The van der Waals surface area contributed by atoms with E-state index >= 15 is 0 Å². The topological polar surface area (TPSA) is 26.3 Å². The van der Waals surface area contributed by atoms with Gasteiger partial charge in [0.1, 0.15) is 0 Å². The van der Waals surface area contributed by atoms with E-state index in [1.165, 1.54) is 10.4 Å². The molecule has 0 heterocycles. The monoisotopic (exact) mass is 373 g/mol. The van der Waals surface area contributed by atoms with Crippen molar-refractivity contribution in [3.8, 4) is 0 Å². The predicted molar refractivity (Wildman–Crippen MR) is 114 cm³/mol. The van der Waals surface area contributed by atoms with Gasteiger partial charge < -0.3 is 4.43 Å². The van der Waals surface area contributed by atoms with E-state index in [4.69, 9.17) is 4.43 Å². The largest absolute Gasteiger partial charge is 0.403 e. The Hall–Kier alpha value is -2.49. The van der Waals surface area contributed by atoms with Gasteiger partial charge in [-0.25, -0.2) is 0 Å². The molecule has 0 saturated carbocycles. The first kappa shape index (κ1) is 19.3. The van der Waals surface area contributed by atoms with Crippen molar-refractivity contribution in [3.05, 3.63) is 96.1 Å². The van der Waals surface area contributed by atoms with Crippen molar-refractivity contribution >= 4 is 25.0 Å². The van der Waals surface area contributed by atoms with Crippen LogP contribution in [0.4, 0.5) is 0 Å². The van der Waals surface area contributed by atoms with Gasteiger partial charge in [0.2, 0.25) is 6.29 Å². The molecular formula is C24H25O2Si. The van der Waals surface area contributed by atoms with E-state index < -0.39 is 8.32 Å². The van der Waals surface area contributed by atoms with E-state index in [0.717, 1.165) is 5.56 Å². The molecule has 0 spiro atoms. The lowest BCUT2D eigenvalue weighted by atomic mass is 10.1. The van der Waals surface area contributed by atoms with Crippen LogP contribution in [0.15, 0.2) is 84.9 Å². The van der Waals surface area contributed by atoms with Crippen molar-refractivity contribution < 1.29 is 9.22 Å². The SMILES string of the molecule is CC(C)(C)[Si](OCc1ccccc1[C]=O)(c1ccccc1)c1ccccc1. The Kier molecular flexibility index (Phi) is 5.73. The summed E-state index contributed by atoms with van der Waals surface area (Å²) in [6.07, 6.45) is 2.04. The van der Waals surface area contributed by atoms with Gasteiger partial charge in [-0.1, -0.05) is 106 Å².